The van der Waals surface area contributed by atoms with Crippen molar-refractivity contribution in [3.8, 4) is 0 Å². The highest BCUT2D eigenvalue weighted by molar-refractivity contribution is 6.16. The van der Waals surface area contributed by atoms with Crippen LogP contribution in [0.1, 0.15) is 30.8 Å². The van der Waals surface area contributed by atoms with Crippen molar-refractivity contribution in [2.75, 3.05) is 13.7 Å². The Balaban J connectivity index is 2.48. The molecule has 0 aliphatic carbocycles. The van der Waals surface area contributed by atoms with Gasteiger partial charge in [-0.15, -0.1) is 11.6 Å². The summed E-state index contributed by atoms with van der Waals surface area (Å²) >= 11 is 6.01. The van der Waals surface area contributed by atoms with Gasteiger partial charge in [0.2, 0.25) is 0 Å². The van der Waals surface area contributed by atoms with Crippen LogP contribution in [0.4, 0.5) is 0 Å². The van der Waals surface area contributed by atoms with Crippen LogP contribution in [-0.4, -0.2) is 23.3 Å². The van der Waals surface area contributed by atoms with Crippen molar-refractivity contribution in [1.29, 1.82) is 0 Å². The second-order valence-corrected chi connectivity index (χ2v) is 4.92. The van der Waals surface area contributed by atoms with Gasteiger partial charge in [-0.05, 0) is 38.0 Å². The number of aryl methyl sites for hydroxylation is 1. The van der Waals surface area contributed by atoms with Crippen LogP contribution in [0.15, 0.2) is 18.2 Å². The van der Waals surface area contributed by atoms with Crippen molar-refractivity contribution in [2.24, 2.45) is 0 Å². The van der Waals surface area contributed by atoms with E-state index in [1.54, 1.807) is 7.11 Å². The van der Waals surface area contributed by atoms with Crippen molar-refractivity contribution in [3.63, 3.8) is 0 Å². The molecule has 0 fully saturated rings. The van der Waals surface area contributed by atoms with E-state index in [1.165, 1.54) is 5.56 Å². The molecule has 2 aromatic rings. The average Bonchev–Trinajstić information content (AvgIpc) is 2.73. The second-order valence-electron chi connectivity index (χ2n) is 4.65. The molecule has 1 atom stereocenters. The van der Waals surface area contributed by atoms with Gasteiger partial charge in [0.25, 0.3) is 0 Å². The van der Waals surface area contributed by atoms with E-state index >= 15 is 0 Å². The van der Waals surface area contributed by atoms with E-state index in [1.807, 2.05) is 0 Å². The quantitative estimate of drug-likeness (QED) is 0.772. The summed E-state index contributed by atoms with van der Waals surface area (Å²) in [6.45, 7) is 5.02. The number of hydrogen-bond acceptors (Lipinski definition) is 2. The monoisotopic (exact) mass is 266 g/mol. The average molecular weight is 267 g/mol. The minimum Gasteiger partial charge on any atom is -0.385 e. The molecule has 4 heteroatoms. The minimum absolute atomic E-state index is 0.338. The molecule has 0 spiro atoms. The Hall–Kier alpha value is -1.06. The molecule has 0 saturated heterocycles. The van der Waals surface area contributed by atoms with Crippen molar-refractivity contribution >= 4 is 22.6 Å². The molecule has 0 bridgehead atoms. The number of fused-ring (bicyclic) bond motifs is 1. The number of benzene rings is 1. The number of rotatable bonds is 5. The van der Waals surface area contributed by atoms with E-state index < -0.39 is 0 Å². The summed E-state index contributed by atoms with van der Waals surface area (Å²) in [6.07, 6.45) is 0.958. The van der Waals surface area contributed by atoms with E-state index in [9.17, 15) is 0 Å². The second kappa shape index (κ2) is 5.72. The highest BCUT2D eigenvalue weighted by atomic mass is 35.5. The number of halogens is 1. The van der Waals surface area contributed by atoms with Crippen LogP contribution in [0.3, 0.4) is 0 Å². The summed E-state index contributed by atoms with van der Waals surface area (Å²) in [4.78, 5) is 4.59. The Kier molecular flexibility index (Phi) is 4.25. The molecule has 98 valence electrons. The molecular formula is C14H19ClN2O. The molecule has 2 rings (SSSR count). The third kappa shape index (κ3) is 2.52. The molecule has 0 aliphatic heterocycles. The standard InChI is InChI=1S/C14H19ClN2O/c1-10-4-5-12-13(8-10)17(14(9-15)16-12)11(2)6-7-18-3/h4-5,8,11H,6-7,9H2,1-3H3. The van der Waals surface area contributed by atoms with E-state index in [-0.39, 0.29) is 0 Å². The fraction of sp³-hybridized carbons (Fsp3) is 0.500. The minimum atomic E-state index is 0.338. The third-order valence-electron chi connectivity index (χ3n) is 3.22. The predicted molar refractivity (Wildman–Crippen MR) is 75.2 cm³/mol. The third-order valence-corrected chi connectivity index (χ3v) is 3.46. The first kappa shape index (κ1) is 13.4. The maximum atomic E-state index is 6.01. The summed E-state index contributed by atoms with van der Waals surface area (Å²) in [5.41, 5.74) is 3.42. The topological polar surface area (TPSA) is 27.1 Å². The van der Waals surface area contributed by atoms with E-state index in [2.05, 4.69) is 41.6 Å². The smallest absolute Gasteiger partial charge is 0.125 e. The van der Waals surface area contributed by atoms with Crippen molar-refractivity contribution < 1.29 is 4.74 Å². The lowest BCUT2D eigenvalue weighted by Crippen LogP contribution is -2.10. The fourth-order valence-corrected chi connectivity index (χ4v) is 2.45. The highest BCUT2D eigenvalue weighted by Gasteiger charge is 2.15. The van der Waals surface area contributed by atoms with Crippen LogP contribution in [0.25, 0.3) is 11.0 Å². The first-order valence-corrected chi connectivity index (χ1v) is 6.73. The molecule has 0 amide bonds. The molecule has 1 heterocycles. The van der Waals surface area contributed by atoms with Crippen molar-refractivity contribution in [3.05, 3.63) is 29.6 Å². The number of hydrogen-bond donors (Lipinski definition) is 0. The first-order chi connectivity index (χ1) is 8.67. The Morgan fingerprint density at radius 2 is 2.22 bits per heavy atom. The highest BCUT2D eigenvalue weighted by Crippen LogP contribution is 2.25. The van der Waals surface area contributed by atoms with Gasteiger partial charge >= 0.3 is 0 Å². The van der Waals surface area contributed by atoms with Crippen LogP contribution in [-0.2, 0) is 10.6 Å². The van der Waals surface area contributed by atoms with Crippen LogP contribution in [0.2, 0.25) is 0 Å². The van der Waals surface area contributed by atoms with Gasteiger partial charge in [0.15, 0.2) is 0 Å². The zero-order chi connectivity index (χ0) is 13.1. The number of nitrogens with zero attached hydrogens (tertiary/aromatic N) is 2. The number of imidazole rings is 1. The van der Waals surface area contributed by atoms with E-state index in [0.29, 0.717) is 11.9 Å². The number of methoxy groups -OCH3 is 1. The summed E-state index contributed by atoms with van der Waals surface area (Å²) in [6, 6.07) is 6.64. The lowest BCUT2D eigenvalue weighted by atomic mass is 10.2. The fourth-order valence-electron chi connectivity index (χ4n) is 2.26. The van der Waals surface area contributed by atoms with Gasteiger partial charge in [-0.1, -0.05) is 6.07 Å². The summed E-state index contributed by atoms with van der Waals surface area (Å²) < 4.78 is 7.38. The van der Waals surface area contributed by atoms with Gasteiger partial charge in [0, 0.05) is 19.8 Å². The Bertz CT molecular complexity index is 536. The SMILES string of the molecule is COCCC(C)n1c(CCl)nc2ccc(C)cc21. The first-order valence-electron chi connectivity index (χ1n) is 6.19. The number of aromatic nitrogens is 2. The van der Waals surface area contributed by atoms with E-state index in [0.717, 1.165) is 29.9 Å². The zero-order valence-corrected chi connectivity index (χ0v) is 11.9. The summed E-state index contributed by atoms with van der Waals surface area (Å²) in [5.74, 6) is 1.37. The van der Waals surface area contributed by atoms with Gasteiger partial charge in [-0.3, -0.25) is 0 Å². The lowest BCUT2D eigenvalue weighted by molar-refractivity contribution is 0.181. The Morgan fingerprint density at radius 3 is 2.89 bits per heavy atom. The molecule has 0 N–H and O–H groups in total. The molecule has 3 nitrogen and oxygen atoms in total. The van der Waals surface area contributed by atoms with Gasteiger partial charge < -0.3 is 9.30 Å². The van der Waals surface area contributed by atoms with Crippen LogP contribution in [0.5, 0.6) is 0 Å². The summed E-state index contributed by atoms with van der Waals surface area (Å²) in [7, 11) is 1.73. The molecule has 1 unspecified atom stereocenters. The number of ether oxygens (including phenoxy) is 1. The molecule has 0 saturated carbocycles. The maximum absolute atomic E-state index is 6.01. The normalized spacial score (nSPS) is 13.1. The largest absolute Gasteiger partial charge is 0.385 e. The van der Waals surface area contributed by atoms with E-state index in [4.69, 9.17) is 16.3 Å². The maximum Gasteiger partial charge on any atom is 0.125 e. The molecular weight excluding hydrogens is 248 g/mol. The van der Waals surface area contributed by atoms with Crippen molar-refractivity contribution in [1.82, 2.24) is 9.55 Å². The van der Waals surface area contributed by atoms with Gasteiger partial charge in [0.1, 0.15) is 5.82 Å². The summed E-state index contributed by atoms with van der Waals surface area (Å²) in [5, 5.41) is 0. The molecule has 0 aliphatic rings. The van der Waals surface area contributed by atoms with Crippen LogP contribution < -0.4 is 0 Å². The molecule has 1 aromatic heterocycles. The van der Waals surface area contributed by atoms with Gasteiger partial charge in [-0.2, -0.15) is 0 Å². The van der Waals surface area contributed by atoms with Crippen LogP contribution >= 0.6 is 11.6 Å². The van der Waals surface area contributed by atoms with Crippen LogP contribution in [0, 0.1) is 6.92 Å². The Labute approximate surface area is 113 Å². The van der Waals surface area contributed by atoms with Crippen molar-refractivity contribution in [2.45, 2.75) is 32.2 Å². The van der Waals surface area contributed by atoms with Gasteiger partial charge in [0.05, 0.1) is 16.9 Å². The Morgan fingerprint density at radius 1 is 1.44 bits per heavy atom. The molecule has 0 radical (unpaired) electrons. The lowest BCUT2D eigenvalue weighted by Gasteiger charge is -2.16. The van der Waals surface area contributed by atoms with Gasteiger partial charge in [-0.25, -0.2) is 4.98 Å². The zero-order valence-electron chi connectivity index (χ0n) is 11.1. The predicted octanol–water partition coefficient (Wildman–Crippen LogP) is 3.68. The molecule has 1 aromatic carbocycles. The molecule has 18 heavy (non-hydrogen) atoms. The number of alkyl halides is 1.